The molecule has 134 valence electrons. The topological polar surface area (TPSA) is 62.2 Å². The highest BCUT2D eigenvalue weighted by Gasteiger charge is 2.25. The van der Waals surface area contributed by atoms with Crippen LogP contribution in [0.4, 0.5) is 5.69 Å². The van der Waals surface area contributed by atoms with Crippen LogP contribution in [-0.4, -0.2) is 47.9 Å². The van der Waals surface area contributed by atoms with Gasteiger partial charge in [-0.15, -0.1) is 0 Å². The van der Waals surface area contributed by atoms with E-state index in [0.29, 0.717) is 18.3 Å². The van der Waals surface area contributed by atoms with Crippen molar-refractivity contribution in [2.24, 2.45) is 18.9 Å². The Kier molecular flexibility index (Phi) is 5.76. The number of aryl methyl sites for hydroxylation is 1. The predicted octanol–water partition coefficient (Wildman–Crippen LogP) is 1.53. The van der Waals surface area contributed by atoms with Gasteiger partial charge in [-0.3, -0.25) is 9.48 Å². The van der Waals surface area contributed by atoms with Crippen LogP contribution in [0.15, 0.2) is 12.4 Å². The summed E-state index contributed by atoms with van der Waals surface area (Å²) in [5.41, 5.74) is 1.15. The smallest absolute Gasteiger partial charge is 0.220 e. The van der Waals surface area contributed by atoms with Crippen molar-refractivity contribution < 1.29 is 4.79 Å². The Morgan fingerprint density at radius 3 is 3.04 bits per heavy atom. The van der Waals surface area contributed by atoms with Gasteiger partial charge in [0.1, 0.15) is 0 Å². The van der Waals surface area contributed by atoms with Crippen molar-refractivity contribution in [1.82, 2.24) is 20.4 Å². The van der Waals surface area contributed by atoms with Crippen LogP contribution in [0.1, 0.15) is 39.0 Å². The minimum Gasteiger partial charge on any atom is -0.367 e. The number of piperidine rings is 2. The molecule has 0 aliphatic carbocycles. The van der Waals surface area contributed by atoms with Crippen LogP contribution in [-0.2, 0) is 11.8 Å². The summed E-state index contributed by atoms with van der Waals surface area (Å²) in [5.74, 6) is 1.31. The number of carbonyl (C=O) groups is 1. The summed E-state index contributed by atoms with van der Waals surface area (Å²) in [6, 6.07) is 0.253. The summed E-state index contributed by atoms with van der Waals surface area (Å²) in [6.07, 6.45) is 9.27. The molecule has 2 aliphatic rings. The van der Waals surface area contributed by atoms with Crippen LogP contribution in [0.5, 0.6) is 0 Å². The molecular weight excluding hydrogens is 302 g/mol. The minimum atomic E-state index is 0.214. The molecule has 3 rings (SSSR count). The van der Waals surface area contributed by atoms with Crippen molar-refractivity contribution in [3.05, 3.63) is 12.4 Å². The maximum Gasteiger partial charge on any atom is 0.220 e. The SMILES string of the molecule is CC(CC(=O)NC1CCCN(c2cnn(C)c2)C1)C1CCCNC1. The molecule has 2 fully saturated rings. The van der Waals surface area contributed by atoms with Gasteiger partial charge in [0.15, 0.2) is 0 Å². The largest absolute Gasteiger partial charge is 0.367 e. The maximum atomic E-state index is 12.4. The lowest BCUT2D eigenvalue weighted by Crippen LogP contribution is -2.48. The van der Waals surface area contributed by atoms with Crippen molar-refractivity contribution in [2.75, 3.05) is 31.1 Å². The van der Waals surface area contributed by atoms with Crippen molar-refractivity contribution in [2.45, 2.75) is 45.1 Å². The zero-order valence-electron chi connectivity index (χ0n) is 15.0. The van der Waals surface area contributed by atoms with E-state index >= 15 is 0 Å². The zero-order chi connectivity index (χ0) is 16.9. The first kappa shape index (κ1) is 17.3. The van der Waals surface area contributed by atoms with E-state index < -0.39 is 0 Å². The Morgan fingerprint density at radius 1 is 1.46 bits per heavy atom. The number of aromatic nitrogens is 2. The van der Waals surface area contributed by atoms with Gasteiger partial charge < -0.3 is 15.5 Å². The minimum absolute atomic E-state index is 0.214. The lowest BCUT2D eigenvalue weighted by atomic mass is 9.85. The average Bonchev–Trinajstić information content (AvgIpc) is 3.02. The van der Waals surface area contributed by atoms with Gasteiger partial charge in [0.25, 0.3) is 0 Å². The average molecular weight is 333 g/mol. The van der Waals surface area contributed by atoms with Crippen LogP contribution in [0.3, 0.4) is 0 Å². The fraction of sp³-hybridized carbons (Fsp3) is 0.778. The van der Waals surface area contributed by atoms with Gasteiger partial charge in [-0.1, -0.05) is 6.92 Å². The van der Waals surface area contributed by atoms with Gasteiger partial charge in [-0.2, -0.15) is 5.10 Å². The third kappa shape index (κ3) is 4.50. The Labute approximate surface area is 145 Å². The number of hydrogen-bond donors (Lipinski definition) is 2. The van der Waals surface area contributed by atoms with Gasteiger partial charge in [0.05, 0.1) is 11.9 Å². The van der Waals surface area contributed by atoms with Gasteiger partial charge in [-0.05, 0) is 50.6 Å². The highest BCUT2D eigenvalue weighted by atomic mass is 16.1. The Morgan fingerprint density at radius 2 is 2.33 bits per heavy atom. The van der Waals surface area contributed by atoms with E-state index in [-0.39, 0.29) is 11.9 Å². The van der Waals surface area contributed by atoms with Crippen molar-refractivity contribution in [3.63, 3.8) is 0 Å². The Balaban J connectivity index is 1.47. The van der Waals surface area contributed by atoms with Crippen molar-refractivity contribution >= 4 is 11.6 Å². The molecule has 6 heteroatoms. The van der Waals surface area contributed by atoms with Crippen LogP contribution >= 0.6 is 0 Å². The highest BCUT2D eigenvalue weighted by molar-refractivity contribution is 5.76. The molecule has 0 spiro atoms. The molecule has 0 aromatic carbocycles. The number of hydrogen-bond acceptors (Lipinski definition) is 4. The summed E-state index contributed by atoms with van der Waals surface area (Å²) in [4.78, 5) is 14.8. The normalized spacial score (nSPS) is 26.2. The van der Waals surface area contributed by atoms with Gasteiger partial charge in [-0.25, -0.2) is 0 Å². The second kappa shape index (κ2) is 8.01. The summed E-state index contributed by atoms with van der Waals surface area (Å²) in [6.45, 7) is 6.34. The predicted molar refractivity (Wildman–Crippen MR) is 96.0 cm³/mol. The van der Waals surface area contributed by atoms with Crippen LogP contribution in [0.25, 0.3) is 0 Å². The standard InChI is InChI=1S/C18H31N5O/c1-14(15-5-3-7-19-10-15)9-18(24)21-16-6-4-8-23(12-16)17-11-20-22(2)13-17/h11,13-16,19H,3-10,12H2,1-2H3,(H,21,24). The third-order valence-electron chi connectivity index (χ3n) is 5.49. The monoisotopic (exact) mass is 333 g/mol. The summed E-state index contributed by atoms with van der Waals surface area (Å²) < 4.78 is 1.83. The molecule has 0 radical (unpaired) electrons. The van der Waals surface area contributed by atoms with E-state index in [4.69, 9.17) is 0 Å². The van der Waals surface area contributed by atoms with E-state index in [1.807, 2.05) is 24.1 Å². The van der Waals surface area contributed by atoms with Gasteiger partial charge >= 0.3 is 0 Å². The second-order valence-corrected chi connectivity index (χ2v) is 7.51. The first-order chi connectivity index (χ1) is 11.6. The molecule has 2 saturated heterocycles. The zero-order valence-corrected chi connectivity index (χ0v) is 15.0. The summed E-state index contributed by atoms with van der Waals surface area (Å²) >= 11 is 0. The van der Waals surface area contributed by atoms with E-state index in [1.54, 1.807) is 0 Å². The maximum absolute atomic E-state index is 12.4. The molecule has 3 heterocycles. The molecule has 0 saturated carbocycles. The lowest BCUT2D eigenvalue weighted by molar-refractivity contribution is -0.123. The van der Waals surface area contributed by atoms with E-state index in [1.165, 1.54) is 12.8 Å². The molecule has 2 aliphatic heterocycles. The first-order valence-electron chi connectivity index (χ1n) is 9.35. The van der Waals surface area contributed by atoms with Crippen molar-refractivity contribution in [1.29, 1.82) is 0 Å². The molecule has 1 aromatic heterocycles. The second-order valence-electron chi connectivity index (χ2n) is 7.51. The molecule has 3 unspecified atom stereocenters. The molecule has 3 atom stereocenters. The molecule has 1 aromatic rings. The Hall–Kier alpha value is -1.56. The first-order valence-corrected chi connectivity index (χ1v) is 9.35. The Bertz CT molecular complexity index is 537. The molecule has 2 N–H and O–H groups in total. The number of nitrogens with zero attached hydrogens (tertiary/aromatic N) is 3. The fourth-order valence-corrected chi connectivity index (χ4v) is 4.01. The van der Waals surface area contributed by atoms with Crippen LogP contribution < -0.4 is 15.5 Å². The molecule has 1 amide bonds. The van der Waals surface area contributed by atoms with Crippen LogP contribution in [0.2, 0.25) is 0 Å². The highest BCUT2D eigenvalue weighted by Crippen LogP contribution is 2.23. The quantitative estimate of drug-likeness (QED) is 0.858. The van der Waals surface area contributed by atoms with Gasteiger partial charge in [0.2, 0.25) is 5.91 Å². The molecule has 24 heavy (non-hydrogen) atoms. The number of amides is 1. The molecule has 0 bridgehead atoms. The van der Waals surface area contributed by atoms with Crippen molar-refractivity contribution in [3.8, 4) is 0 Å². The summed E-state index contributed by atoms with van der Waals surface area (Å²) in [7, 11) is 1.94. The molecular formula is C18H31N5O. The van der Waals surface area contributed by atoms with Gasteiger partial charge in [0, 0.05) is 38.8 Å². The number of anilines is 1. The van der Waals surface area contributed by atoms with E-state index in [0.717, 1.165) is 44.7 Å². The van der Waals surface area contributed by atoms with E-state index in [9.17, 15) is 4.79 Å². The summed E-state index contributed by atoms with van der Waals surface area (Å²) in [5, 5.41) is 11.0. The number of nitrogens with one attached hydrogen (secondary N) is 2. The number of carbonyl (C=O) groups excluding carboxylic acids is 1. The third-order valence-corrected chi connectivity index (χ3v) is 5.49. The lowest BCUT2D eigenvalue weighted by Gasteiger charge is -2.34. The fourth-order valence-electron chi connectivity index (χ4n) is 4.01. The number of rotatable bonds is 5. The van der Waals surface area contributed by atoms with Crippen LogP contribution in [0, 0.1) is 11.8 Å². The molecule has 6 nitrogen and oxygen atoms in total. The van der Waals surface area contributed by atoms with E-state index in [2.05, 4.69) is 27.6 Å².